The van der Waals surface area contributed by atoms with Gasteiger partial charge in [0.05, 0.1) is 17.8 Å². The molecule has 0 atom stereocenters. The van der Waals surface area contributed by atoms with Gasteiger partial charge in [0.15, 0.2) is 0 Å². The molecule has 0 bridgehead atoms. The van der Waals surface area contributed by atoms with Crippen molar-refractivity contribution in [1.82, 2.24) is 9.61 Å². The summed E-state index contributed by atoms with van der Waals surface area (Å²) in [6.45, 7) is 6.13. The van der Waals surface area contributed by atoms with Gasteiger partial charge in [-0.15, -0.1) is 0 Å². The number of carbonyl (C=O) groups is 1. The van der Waals surface area contributed by atoms with Gasteiger partial charge in [0, 0.05) is 10.7 Å². The van der Waals surface area contributed by atoms with Crippen LogP contribution in [0.3, 0.4) is 0 Å². The number of carbonyl (C=O) groups excluding carboxylic acids is 1. The third-order valence-corrected chi connectivity index (χ3v) is 3.64. The molecule has 2 aromatic rings. The van der Waals surface area contributed by atoms with Crippen LogP contribution in [0.1, 0.15) is 35.5 Å². The van der Waals surface area contributed by atoms with Gasteiger partial charge in [-0.1, -0.05) is 22.9 Å². The molecule has 18 heavy (non-hydrogen) atoms. The molecule has 0 aliphatic heterocycles. The minimum atomic E-state index is -0.305. The number of halogens is 1. The summed E-state index contributed by atoms with van der Waals surface area (Å²) in [7, 11) is 0. The average Bonchev–Trinajstić information content (AvgIpc) is 2.68. The highest BCUT2D eigenvalue weighted by molar-refractivity contribution is 9.10. The maximum absolute atomic E-state index is 12.0. The standard InChI is InChI=1S/C13H15BrN2O2/c1-4-10-12(13(17)18-5-2)11-6-9(14)8(3)7-16(11)15-10/h6-7H,4-5H2,1-3H3. The maximum atomic E-state index is 12.0. The number of nitrogens with zero attached hydrogens (tertiary/aromatic N) is 2. The Labute approximate surface area is 114 Å². The number of rotatable bonds is 3. The van der Waals surface area contributed by atoms with E-state index in [4.69, 9.17) is 4.74 Å². The summed E-state index contributed by atoms with van der Waals surface area (Å²) in [5, 5.41) is 4.43. The monoisotopic (exact) mass is 310 g/mol. The van der Waals surface area contributed by atoms with Crippen molar-refractivity contribution in [2.45, 2.75) is 27.2 Å². The molecular formula is C13H15BrN2O2. The van der Waals surface area contributed by atoms with E-state index >= 15 is 0 Å². The van der Waals surface area contributed by atoms with E-state index in [0.717, 1.165) is 21.2 Å². The first-order valence-electron chi connectivity index (χ1n) is 5.93. The molecule has 4 nitrogen and oxygen atoms in total. The number of aromatic nitrogens is 2. The number of fused-ring (bicyclic) bond motifs is 1. The van der Waals surface area contributed by atoms with E-state index < -0.39 is 0 Å². The van der Waals surface area contributed by atoms with Gasteiger partial charge in [-0.3, -0.25) is 0 Å². The van der Waals surface area contributed by atoms with Crippen LogP contribution in [-0.4, -0.2) is 22.2 Å². The number of aryl methyl sites for hydroxylation is 2. The normalized spacial score (nSPS) is 10.9. The fourth-order valence-corrected chi connectivity index (χ4v) is 2.20. The zero-order chi connectivity index (χ0) is 13.3. The number of hydrogen-bond donors (Lipinski definition) is 0. The summed E-state index contributed by atoms with van der Waals surface area (Å²) in [6, 6.07) is 1.91. The van der Waals surface area contributed by atoms with Crippen molar-refractivity contribution < 1.29 is 9.53 Å². The van der Waals surface area contributed by atoms with Crippen LogP contribution in [0.25, 0.3) is 5.52 Å². The molecule has 0 unspecified atom stereocenters. The minimum absolute atomic E-state index is 0.305. The van der Waals surface area contributed by atoms with Gasteiger partial charge < -0.3 is 4.74 Å². The number of ether oxygens (including phenoxy) is 1. The minimum Gasteiger partial charge on any atom is -0.462 e. The van der Waals surface area contributed by atoms with Crippen LogP contribution in [0.2, 0.25) is 0 Å². The highest BCUT2D eigenvalue weighted by Crippen LogP contribution is 2.24. The Kier molecular flexibility index (Phi) is 3.71. The lowest BCUT2D eigenvalue weighted by Crippen LogP contribution is -2.06. The summed E-state index contributed by atoms with van der Waals surface area (Å²) in [6.07, 6.45) is 2.60. The zero-order valence-corrected chi connectivity index (χ0v) is 12.2. The molecule has 0 amide bonds. The fourth-order valence-electron chi connectivity index (χ4n) is 1.89. The predicted molar refractivity (Wildman–Crippen MR) is 73.0 cm³/mol. The number of hydrogen-bond acceptors (Lipinski definition) is 3. The van der Waals surface area contributed by atoms with Gasteiger partial charge in [-0.05, 0) is 31.9 Å². The highest BCUT2D eigenvalue weighted by Gasteiger charge is 2.20. The van der Waals surface area contributed by atoms with Crippen LogP contribution in [-0.2, 0) is 11.2 Å². The van der Waals surface area contributed by atoms with Gasteiger partial charge in [0.25, 0.3) is 0 Å². The van der Waals surface area contributed by atoms with Crippen molar-refractivity contribution in [2.24, 2.45) is 0 Å². The molecule has 2 rings (SSSR count). The molecule has 2 heterocycles. The summed E-state index contributed by atoms with van der Waals surface area (Å²) in [4.78, 5) is 12.0. The van der Waals surface area contributed by atoms with Gasteiger partial charge in [-0.2, -0.15) is 5.10 Å². The molecule has 2 aromatic heterocycles. The molecule has 0 saturated carbocycles. The van der Waals surface area contributed by atoms with Gasteiger partial charge in [-0.25, -0.2) is 9.31 Å². The Bertz CT molecular complexity index is 605. The largest absolute Gasteiger partial charge is 0.462 e. The first kappa shape index (κ1) is 13.1. The van der Waals surface area contributed by atoms with Crippen molar-refractivity contribution in [2.75, 3.05) is 6.61 Å². The third-order valence-electron chi connectivity index (χ3n) is 2.79. The SMILES string of the molecule is CCOC(=O)c1c(CC)nn2cc(C)c(Br)cc12. The van der Waals surface area contributed by atoms with E-state index in [0.29, 0.717) is 18.6 Å². The lowest BCUT2D eigenvalue weighted by atomic mass is 10.1. The molecular weight excluding hydrogens is 296 g/mol. The molecule has 0 aliphatic rings. The Hall–Kier alpha value is -1.36. The van der Waals surface area contributed by atoms with Gasteiger partial charge in [0.2, 0.25) is 0 Å². The molecule has 0 spiro atoms. The second-order valence-electron chi connectivity index (χ2n) is 4.03. The lowest BCUT2D eigenvalue weighted by molar-refractivity contribution is 0.0527. The zero-order valence-electron chi connectivity index (χ0n) is 10.7. The second kappa shape index (κ2) is 5.10. The average molecular weight is 311 g/mol. The van der Waals surface area contributed by atoms with Crippen LogP contribution >= 0.6 is 15.9 Å². The van der Waals surface area contributed by atoms with Crippen molar-refractivity contribution in [3.63, 3.8) is 0 Å². The molecule has 0 fully saturated rings. The summed E-state index contributed by atoms with van der Waals surface area (Å²) < 4.78 is 7.80. The maximum Gasteiger partial charge on any atom is 0.342 e. The third kappa shape index (κ3) is 2.14. The van der Waals surface area contributed by atoms with E-state index in [9.17, 15) is 4.79 Å². The fraction of sp³-hybridized carbons (Fsp3) is 0.385. The highest BCUT2D eigenvalue weighted by atomic mass is 79.9. The first-order valence-corrected chi connectivity index (χ1v) is 6.72. The molecule has 0 saturated heterocycles. The van der Waals surface area contributed by atoms with Crippen LogP contribution in [0.15, 0.2) is 16.7 Å². The summed E-state index contributed by atoms with van der Waals surface area (Å²) in [5.74, 6) is -0.305. The smallest absolute Gasteiger partial charge is 0.342 e. The Balaban J connectivity index is 2.68. The topological polar surface area (TPSA) is 43.6 Å². The molecule has 96 valence electrons. The predicted octanol–water partition coefficient (Wildman–Crippen LogP) is 3.14. The molecule has 5 heteroatoms. The second-order valence-corrected chi connectivity index (χ2v) is 4.88. The van der Waals surface area contributed by atoms with Crippen molar-refractivity contribution >= 4 is 27.4 Å². The number of pyridine rings is 1. The Morgan fingerprint density at radius 3 is 2.83 bits per heavy atom. The molecule has 0 aliphatic carbocycles. The van der Waals surface area contributed by atoms with E-state index in [-0.39, 0.29) is 5.97 Å². The van der Waals surface area contributed by atoms with E-state index in [1.165, 1.54) is 0 Å². The van der Waals surface area contributed by atoms with Gasteiger partial charge >= 0.3 is 5.97 Å². The van der Waals surface area contributed by atoms with E-state index in [1.54, 1.807) is 11.4 Å². The van der Waals surface area contributed by atoms with Gasteiger partial charge in [0.1, 0.15) is 5.56 Å². The van der Waals surface area contributed by atoms with Crippen LogP contribution in [0.4, 0.5) is 0 Å². The van der Waals surface area contributed by atoms with Crippen molar-refractivity contribution in [3.8, 4) is 0 Å². The van der Waals surface area contributed by atoms with E-state index in [2.05, 4.69) is 21.0 Å². The summed E-state index contributed by atoms with van der Waals surface area (Å²) >= 11 is 3.48. The van der Waals surface area contributed by atoms with Crippen LogP contribution < -0.4 is 0 Å². The molecule has 0 aromatic carbocycles. The number of esters is 1. The Morgan fingerprint density at radius 1 is 1.50 bits per heavy atom. The Morgan fingerprint density at radius 2 is 2.22 bits per heavy atom. The molecule has 0 N–H and O–H groups in total. The quantitative estimate of drug-likeness (QED) is 0.818. The lowest BCUT2D eigenvalue weighted by Gasteiger charge is -2.03. The first-order chi connectivity index (χ1) is 8.58. The van der Waals surface area contributed by atoms with Crippen molar-refractivity contribution in [3.05, 3.63) is 33.6 Å². The van der Waals surface area contributed by atoms with Crippen molar-refractivity contribution in [1.29, 1.82) is 0 Å². The molecule has 0 radical (unpaired) electrons. The van der Waals surface area contributed by atoms with E-state index in [1.807, 2.05) is 26.1 Å². The van der Waals surface area contributed by atoms with Crippen LogP contribution in [0, 0.1) is 6.92 Å². The van der Waals surface area contributed by atoms with Crippen LogP contribution in [0.5, 0.6) is 0 Å². The summed E-state index contributed by atoms with van der Waals surface area (Å²) in [5.41, 5.74) is 3.19.